The van der Waals surface area contributed by atoms with Gasteiger partial charge in [0.1, 0.15) is 17.2 Å². The monoisotopic (exact) mass is 334 g/mol. The average Bonchev–Trinajstić information content (AvgIpc) is 2.99. The highest BCUT2D eigenvalue weighted by Crippen LogP contribution is 2.28. The summed E-state index contributed by atoms with van der Waals surface area (Å²) in [6.45, 7) is 2.12. The molecule has 3 aliphatic rings. The van der Waals surface area contributed by atoms with E-state index in [1.807, 2.05) is 12.3 Å². The lowest BCUT2D eigenvalue weighted by Crippen LogP contribution is -2.27. The van der Waals surface area contributed by atoms with Crippen molar-refractivity contribution in [3.8, 4) is 22.8 Å². The minimum atomic E-state index is 0. The zero-order valence-electron chi connectivity index (χ0n) is 12.5. The van der Waals surface area contributed by atoms with Crippen LogP contribution in [0, 0.1) is 0 Å². The summed E-state index contributed by atoms with van der Waals surface area (Å²) in [6, 6.07) is 2.02. The van der Waals surface area contributed by atoms with Gasteiger partial charge in [0, 0.05) is 18.3 Å². The number of H-pyrrole nitrogens is 1. The van der Waals surface area contributed by atoms with Crippen molar-refractivity contribution in [1.29, 1.82) is 0 Å². The van der Waals surface area contributed by atoms with E-state index in [0.717, 1.165) is 54.5 Å². The van der Waals surface area contributed by atoms with Crippen molar-refractivity contribution in [2.75, 3.05) is 13.1 Å². The molecule has 3 aliphatic heterocycles. The van der Waals surface area contributed by atoms with Crippen molar-refractivity contribution in [3.05, 3.63) is 36.7 Å². The molecule has 7 nitrogen and oxygen atoms in total. The van der Waals surface area contributed by atoms with Gasteiger partial charge in [-0.15, -0.1) is 12.4 Å². The fourth-order valence-corrected chi connectivity index (χ4v) is 2.80. The van der Waals surface area contributed by atoms with Crippen molar-refractivity contribution in [2.24, 2.45) is 0 Å². The minimum Gasteiger partial charge on any atom is -0.412 e. The van der Waals surface area contributed by atoms with Gasteiger partial charge < -0.3 is 15.8 Å². The van der Waals surface area contributed by atoms with Crippen LogP contribution in [0.15, 0.2) is 30.9 Å². The molecule has 0 amide bonds. The summed E-state index contributed by atoms with van der Waals surface area (Å²) >= 11 is 0. The van der Waals surface area contributed by atoms with Gasteiger partial charge in [-0.2, -0.15) is 0 Å². The van der Waals surface area contributed by atoms with Crippen LogP contribution in [0.25, 0.3) is 22.8 Å². The molecule has 23 heavy (non-hydrogen) atoms. The average molecular weight is 335 g/mol. The number of halogens is 1. The quantitative estimate of drug-likeness (QED) is 0.736. The lowest BCUT2D eigenvalue weighted by molar-refractivity contribution is 0.445. The largest absolute Gasteiger partial charge is 0.412 e. The molecule has 122 valence electrons. The third kappa shape index (κ3) is 3.47. The molecular formula is C15H19ClN6O. The van der Waals surface area contributed by atoms with Crippen LogP contribution in [0.2, 0.25) is 0 Å². The Labute approximate surface area is 140 Å². The van der Waals surface area contributed by atoms with E-state index in [-0.39, 0.29) is 17.9 Å². The highest BCUT2D eigenvalue weighted by molar-refractivity contribution is 5.85. The fraction of sp³-hybridized carbons (Fsp3) is 0.333. The van der Waals surface area contributed by atoms with Crippen LogP contribution in [0.5, 0.6) is 0 Å². The predicted octanol–water partition coefficient (Wildman–Crippen LogP) is 1.43. The first-order chi connectivity index (χ1) is 10.4. The number of rotatable bonds is 2. The minimum absolute atomic E-state index is 0. The van der Waals surface area contributed by atoms with Crippen LogP contribution in [0.4, 0.5) is 0 Å². The number of piperidine rings is 1. The van der Waals surface area contributed by atoms with Gasteiger partial charge in [-0.1, -0.05) is 0 Å². The molecule has 1 fully saturated rings. The molecule has 4 heterocycles. The van der Waals surface area contributed by atoms with Gasteiger partial charge in [-0.25, -0.2) is 9.97 Å². The van der Waals surface area contributed by atoms with E-state index >= 15 is 0 Å². The first-order valence-electron chi connectivity index (χ1n) is 7.23. The zero-order chi connectivity index (χ0) is 14.1. The summed E-state index contributed by atoms with van der Waals surface area (Å²) in [5.41, 5.74) is 3.50. The van der Waals surface area contributed by atoms with Crippen LogP contribution in [0.1, 0.15) is 24.6 Å². The molecule has 4 N–H and O–H groups in total. The smallest absolute Gasteiger partial charge is 0.109 e. The van der Waals surface area contributed by atoms with Gasteiger partial charge >= 0.3 is 0 Å². The molecule has 1 aromatic rings. The molecule has 0 atom stereocenters. The molecule has 0 radical (unpaired) electrons. The standard InChI is InChI=1S/C15H16N6.ClH.H2O/c1-3-16-4-2-10(1)15-19-9-14-12(21-15)7-11(20-14)13-8-17-5-6-18-13;;/h5-10,16H,1-4H2,(H,19,21);1H;1H2. The Bertz CT molecular complexity index is 713. The van der Waals surface area contributed by atoms with Crippen LogP contribution < -0.4 is 5.32 Å². The topological polar surface area (TPSA) is 111 Å². The number of nitrogens with one attached hydrogen (secondary N) is 2. The number of hydrogen-bond donors (Lipinski definition) is 2. The van der Waals surface area contributed by atoms with E-state index in [2.05, 4.69) is 30.2 Å². The lowest BCUT2D eigenvalue weighted by Gasteiger charge is -2.22. The molecule has 0 aliphatic carbocycles. The van der Waals surface area contributed by atoms with E-state index in [9.17, 15) is 0 Å². The molecule has 0 aromatic carbocycles. The number of hydrogen-bond acceptors (Lipinski definition) is 5. The van der Waals surface area contributed by atoms with Crippen LogP contribution in [-0.2, 0) is 0 Å². The molecular weight excluding hydrogens is 316 g/mol. The second kappa shape index (κ2) is 7.45. The Morgan fingerprint density at radius 3 is 2.52 bits per heavy atom. The maximum Gasteiger partial charge on any atom is 0.109 e. The van der Waals surface area contributed by atoms with Gasteiger partial charge in [-0.3, -0.25) is 9.97 Å². The molecule has 0 spiro atoms. The molecule has 0 saturated carbocycles. The maximum absolute atomic E-state index is 4.56. The summed E-state index contributed by atoms with van der Waals surface area (Å²) in [6.07, 6.45) is 9.16. The first kappa shape index (κ1) is 17.3. The lowest BCUT2D eigenvalue weighted by atomic mass is 9.97. The summed E-state index contributed by atoms with van der Waals surface area (Å²) in [5.74, 6) is 1.56. The molecule has 4 rings (SSSR count). The summed E-state index contributed by atoms with van der Waals surface area (Å²) < 4.78 is 0. The van der Waals surface area contributed by atoms with E-state index in [1.54, 1.807) is 18.6 Å². The molecule has 8 heteroatoms. The van der Waals surface area contributed by atoms with Crippen molar-refractivity contribution in [2.45, 2.75) is 18.8 Å². The molecule has 0 bridgehead atoms. The first-order valence-corrected chi connectivity index (χ1v) is 7.23. The van der Waals surface area contributed by atoms with Gasteiger partial charge in [0.05, 0.1) is 23.8 Å². The number of fused-ring (bicyclic) bond motifs is 1. The van der Waals surface area contributed by atoms with Gasteiger partial charge in [0.15, 0.2) is 0 Å². The van der Waals surface area contributed by atoms with Gasteiger partial charge in [0.25, 0.3) is 0 Å². The third-order valence-corrected chi connectivity index (χ3v) is 3.94. The second-order valence-corrected chi connectivity index (χ2v) is 5.32. The summed E-state index contributed by atoms with van der Waals surface area (Å²) in [5, 5.41) is 3.38. The van der Waals surface area contributed by atoms with Crippen LogP contribution in [0.3, 0.4) is 0 Å². The second-order valence-electron chi connectivity index (χ2n) is 5.32. The Balaban J connectivity index is 0.000000960. The van der Waals surface area contributed by atoms with Gasteiger partial charge in [-0.05, 0) is 32.0 Å². The Kier molecular flexibility index (Phi) is 5.59. The normalized spacial score (nSPS) is 15.0. The highest BCUT2D eigenvalue weighted by atomic mass is 35.5. The van der Waals surface area contributed by atoms with E-state index in [1.165, 1.54) is 0 Å². The molecule has 0 unspecified atom stereocenters. The van der Waals surface area contributed by atoms with E-state index in [4.69, 9.17) is 0 Å². The predicted molar refractivity (Wildman–Crippen MR) is 89.7 cm³/mol. The van der Waals surface area contributed by atoms with Crippen LogP contribution >= 0.6 is 12.4 Å². The van der Waals surface area contributed by atoms with Crippen molar-refractivity contribution in [3.63, 3.8) is 0 Å². The fourth-order valence-electron chi connectivity index (χ4n) is 2.80. The summed E-state index contributed by atoms with van der Waals surface area (Å²) in [4.78, 5) is 20.9. The maximum atomic E-state index is 4.56. The summed E-state index contributed by atoms with van der Waals surface area (Å²) in [7, 11) is 0. The highest BCUT2D eigenvalue weighted by Gasteiger charge is 2.19. The van der Waals surface area contributed by atoms with E-state index < -0.39 is 0 Å². The Morgan fingerprint density at radius 2 is 1.78 bits per heavy atom. The zero-order valence-corrected chi connectivity index (χ0v) is 13.3. The number of aromatic nitrogens is 5. The molecule has 1 saturated heterocycles. The third-order valence-electron chi connectivity index (χ3n) is 3.94. The van der Waals surface area contributed by atoms with Crippen molar-refractivity contribution >= 4 is 12.4 Å². The Hall–Kier alpha value is -2.09. The van der Waals surface area contributed by atoms with Crippen molar-refractivity contribution < 1.29 is 5.48 Å². The van der Waals surface area contributed by atoms with E-state index in [0.29, 0.717) is 5.92 Å². The van der Waals surface area contributed by atoms with Crippen LogP contribution in [-0.4, -0.2) is 43.5 Å². The number of aromatic amines is 1. The number of nitrogens with zero attached hydrogens (tertiary/aromatic N) is 4. The SMILES string of the molecule is Cl.O.c1cnc(-c2cc3[nH]c(C4CCNCC4)ncc-3n2)cn1. The molecule has 1 aromatic heterocycles. The van der Waals surface area contributed by atoms with Gasteiger partial charge in [0.2, 0.25) is 0 Å². The van der Waals surface area contributed by atoms with Crippen molar-refractivity contribution in [1.82, 2.24) is 30.2 Å². The Morgan fingerprint density at radius 1 is 0.957 bits per heavy atom.